The molecular formula is C27H24ClN3O3. The molecule has 0 spiro atoms. The first-order valence-electron chi connectivity index (χ1n) is 10.9. The molecule has 7 heteroatoms. The quantitative estimate of drug-likeness (QED) is 0.383. The van der Waals surface area contributed by atoms with Gasteiger partial charge in [-0.1, -0.05) is 72.3 Å². The lowest BCUT2D eigenvalue weighted by molar-refractivity contribution is 0.102. The highest BCUT2D eigenvalue weighted by Crippen LogP contribution is 2.34. The largest absolute Gasteiger partial charge is 0.495 e. The predicted molar refractivity (Wildman–Crippen MR) is 136 cm³/mol. The van der Waals surface area contributed by atoms with E-state index in [0.717, 1.165) is 16.7 Å². The van der Waals surface area contributed by atoms with Gasteiger partial charge < -0.3 is 10.1 Å². The first-order chi connectivity index (χ1) is 16.4. The van der Waals surface area contributed by atoms with E-state index in [4.69, 9.17) is 16.3 Å². The number of anilines is 1. The van der Waals surface area contributed by atoms with Crippen LogP contribution < -0.4 is 15.6 Å². The summed E-state index contributed by atoms with van der Waals surface area (Å²) in [6, 6.07) is 22.2. The highest BCUT2D eigenvalue weighted by Gasteiger charge is 2.25. The number of carbonyl (C=O) groups excluding carboxylic acids is 1. The van der Waals surface area contributed by atoms with Crippen LogP contribution in [0.5, 0.6) is 5.75 Å². The molecule has 4 aromatic rings. The van der Waals surface area contributed by atoms with Crippen LogP contribution in [0.2, 0.25) is 5.02 Å². The van der Waals surface area contributed by atoms with E-state index in [9.17, 15) is 9.59 Å². The fraction of sp³-hybridized carbons (Fsp3) is 0.148. The maximum Gasteiger partial charge on any atom is 0.280 e. The van der Waals surface area contributed by atoms with Gasteiger partial charge in [0.15, 0.2) is 0 Å². The molecule has 0 aliphatic rings. The molecule has 1 aromatic heterocycles. The van der Waals surface area contributed by atoms with Crippen molar-refractivity contribution in [3.8, 4) is 28.1 Å². The lowest BCUT2D eigenvalue weighted by Crippen LogP contribution is -2.32. The molecule has 34 heavy (non-hydrogen) atoms. The zero-order valence-electron chi connectivity index (χ0n) is 19.1. The van der Waals surface area contributed by atoms with Crippen LogP contribution in [0, 0.1) is 6.92 Å². The normalized spacial score (nSPS) is 10.7. The third-order valence-electron chi connectivity index (χ3n) is 5.52. The predicted octanol–water partition coefficient (Wildman–Crippen LogP) is 5.82. The fourth-order valence-corrected chi connectivity index (χ4v) is 3.95. The van der Waals surface area contributed by atoms with Crippen molar-refractivity contribution in [2.24, 2.45) is 0 Å². The van der Waals surface area contributed by atoms with Crippen molar-refractivity contribution < 1.29 is 9.53 Å². The number of methoxy groups -OCH3 is 1. The molecule has 1 N–H and O–H groups in total. The lowest BCUT2D eigenvalue weighted by atomic mass is 9.95. The Morgan fingerprint density at radius 2 is 1.65 bits per heavy atom. The highest BCUT2D eigenvalue weighted by atomic mass is 35.5. The molecular weight excluding hydrogens is 450 g/mol. The number of nitrogens with one attached hydrogen (secondary N) is 1. The van der Waals surface area contributed by atoms with E-state index in [2.05, 4.69) is 10.4 Å². The Morgan fingerprint density at radius 3 is 2.24 bits per heavy atom. The highest BCUT2D eigenvalue weighted by molar-refractivity contribution is 6.31. The van der Waals surface area contributed by atoms with Gasteiger partial charge in [0.1, 0.15) is 11.3 Å². The number of hydrogen-bond donors (Lipinski definition) is 1. The molecule has 1 heterocycles. The van der Waals surface area contributed by atoms with E-state index in [1.807, 2.05) is 74.5 Å². The number of amides is 1. The number of halogens is 1. The van der Waals surface area contributed by atoms with Gasteiger partial charge in [-0.05, 0) is 31.0 Å². The van der Waals surface area contributed by atoms with E-state index >= 15 is 0 Å². The van der Waals surface area contributed by atoms with Crippen LogP contribution in [0.15, 0.2) is 77.6 Å². The number of aromatic nitrogens is 2. The Hall–Kier alpha value is -3.90. The molecule has 0 radical (unpaired) electrons. The molecule has 6 nitrogen and oxygen atoms in total. The Kier molecular flexibility index (Phi) is 6.80. The molecule has 1 amide bonds. The van der Waals surface area contributed by atoms with Crippen LogP contribution in [-0.4, -0.2) is 22.8 Å². The van der Waals surface area contributed by atoms with Crippen molar-refractivity contribution in [3.05, 3.63) is 99.3 Å². The fourth-order valence-electron chi connectivity index (χ4n) is 3.79. The van der Waals surface area contributed by atoms with Gasteiger partial charge in [0.25, 0.3) is 11.5 Å². The summed E-state index contributed by atoms with van der Waals surface area (Å²) >= 11 is 6.22. The molecule has 0 fully saturated rings. The van der Waals surface area contributed by atoms with Crippen molar-refractivity contribution in [3.63, 3.8) is 0 Å². The molecule has 0 bridgehead atoms. The molecule has 0 saturated carbocycles. The summed E-state index contributed by atoms with van der Waals surface area (Å²) in [5.74, 6) is -0.149. The first-order valence-corrected chi connectivity index (χ1v) is 11.2. The zero-order chi connectivity index (χ0) is 24.2. The summed E-state index contributed by atoms with van der Waals surface area (Å²) in [6.45, 7) is 3.97. The van der Waals surface area contributed by atoms with Gasteiger partial charge in [-0.2, -0.15) is 5.10 Å². The second-order valence-electron chi connectivity index (χ2n) is 7.71. The molecule has 172 valence electrons. The molecule has 0 saturated heterocycles. The standard InChI is InChI=1S/C27H24ClN3O3/c1-4-31-27(33)24(26(32)29-21-15-17(2)20(28)16-22(21)34-3)23(18-11-7-5-8-12-18)25(30-31)19-13-9-6-10-14-19/h5-16H,4H2,1-3H3,(H,29,32). The van der Waals surface area contributed by atoms with Gasteiger partial charge in [-0.3, -0.25) is 9.59 Å². The van der Waals surface area contributed by atoms with Crippen LogP contribution in [-0.2, 0) is 6.54 Å². The van der Waals surface area contributed by atoms with Crippen molar-refractivity contribution in [1.82, 2.24) is 9.78 Å². The topological polar surface area (TPSA) is 73.2 Å². The average Bonchev–Trinajstić information content (AvgIpc) is 2.86. The van der Waals surface area contributed by atoms with E-state index in [0.29, 0.717) is 34.3 Å². The second-order valence-corrected chi connectivity index (χ2v) is 8.11. The van der Waals surface area contributed by atoms with Crippen molar-refractivity contribution in [1.29, 1.82) is 0 Å². The van der Waals surface area contributed by atoms with Crippen LogP contribution >= 0.6 is 11.6 Å². The Morgan fingerprint density at radius 1 is 1.03 bits per heavy atom. The van der Waals surface area contributed by atoms with Crippen LogP contribution in [0.4, 0.5) is 5.69 Å². The summed E-state index contributed by atoms with van der Waals surface area (Å²) < 4.78 is 6.72. The zero-order valence-corrected chi connectivity index (χ0v) is 19.9. The van der Waals surface area contributed by atoms with Gasteiger partial charge in [0.05, 0.1) is 18.5 Å². The summed E-state index contributed by atoms with van der Waals surface area (Å²) in [4.78, 5) is 27.2. The van der Waals surface area contributed by atoms with Gasteiger partial charge >= 0.3 is 0 Å². The number of rotatable bonds is 6. The minimum absolute atomic E-state index is 0.0107. The number of nitrogens with zero attached hydrogens (tertiary/aromatic N) is 2. The third-order valence-corrected chi connectivity index (χ3v) is 5.93. The number of benzene rings is 3. The smallest absolute Gasteiger partial charge is 0.280 e. The Balaban J connectivity index is 1.98. The maximum atomic E-state index is 13.7. The Bertz CT molecular complexity index is 1400. The SMILES string of the molecule is CCn1nc(-c2ccccc2)c(-c2ccccc2)c(C(=O)Nc2cc(C)c(Cl)cc2OC)c1=O. The van der Waals surface area contributed by atoms with Gasteiger partial charge in [0.2, 0.25) is 0 Å². The van der Waals surface area contributed by atoms with E-state index in [-0.39, 0.29) is 5.56 Å². The summed E-state index contributed by atoms with van der Waals surface area (Å²) in [5.41, 5.74) is 3.29. The number of hydrogen-bond acceptors (Lipinski definition) is 4. The van der Waals surface area contributed by atoms with Crippen molar-refractivity contribution in [2.75, 3.05) is 12.4 Å². The number of carbonyl (C=O) groups is 1. The van der Waals surface area contributed by atoms with E-state index in [1.54, 1.807) is 12.1 Å². The van der Waals surface area contributed by atoms with Gasteiger partial charge in [-0.15, -0.1) is 0 Å². The van der Waals surface area contributed by atoms with Crippen molar-refractivity contribution >= 4 is 23.2 Å². The minimum Gasteiger partial charge on any atom is -0.495 e. The van der Waals surface area contributed by atoms with Crippen LogP contribution in [0.25, 0.3) is 22.4 Å². The third kappa shape index (κ3) is 4.45. The van der Waals surface area contributed by atoms with E-state index in [1.165, 1.54) is 11.8 Å². The maximum absolute atomic E-state index is 13.7. The first kappa shape index (κ1) is 23.3. The summed E-state index contributed by atoms with van der Waals surface area (Å²) in [5, 5.41) is 8.01. The number of aryl methyl sites for hydroxylation is 2. The second kappa shape index (κ2) is 9.93. The Labute approximate surface area is 202 Å². The molecule has 3 aromatic carbocycles. The number of ether oxygens (including phenoxy) is 1. The van der Waals surface area contributed by atoms with Crippen molar-refractivity contribution in [2.45, 2.75) is 20.4 Å². The molecule has 4 rings (SSSR count). The lowest BCUT2D eigenvalue weighted by Gasteiger charge is -2.18. The molecule has 0 aliphatic heterocycles. The molecule has 0 aliphatic carbocycles. The van der Waals surface area contributed by atoms with Gasteiger partial charge in [0, 0.05) is 28.8 Å². The monoisotopic (exact) mass is 473 g/mol. The molecule has 0 unspecified atom stereocenters. The van der Waals surface area contributed by atoms with Crippen LogP contribution in [0.1, 0.15) is 22.8 Å². The van der Waals surface area contributed by atoms with Gasteiger partial charge in [-0.25, -0.2) is 4.68 Å². The van der Waals surface area contributed by atoms with E-state index < -0.39 is 11.5 Å². The summed E-state index contributed by atoms with van der Waals surface area (Å²) in [7, 11) is 1.50. The minimum atomic E-state index is -0.550. The molecule has 0 atom stereocenters. The summed E-state index contributed by atoms with van der Waals surface area (Å²) in [6.07, 6.45) is 0. The van der Waals surface area contributed by atoms with Crippen LogP contribution in [0.3, 0.4) is 0 Å². The average molecular weight is 474 g/mol.